The van der Waals surface area contributed by atoms with E-state index in [1.807, 2.05) is 6.92 Å². The highest BCUT2D eigenvalue weighted by Gasteiger charge is 2.25. The van der Waals surface area contributed by atoms with Crippen molar-refractivity contribution in [1.29, 1.82) is 0 Å². The summed E-state index contributed by atoms with van der Waals surface area (Å²) in [6, 6.07) is 2.55. The number of hydrogen-bond acceptors (Lipinski definition) is 6. The zero-order chi connectivity index (χ0) is 21.2. The van der Waals surface area contributed by atoms with Crippen molar-refractivity contribution in [2.75, 3.05) is 0 Å². The molecule has 28 heavy (non-hydrogen) atoms. The third kappa shape index (κ3) is 4.91. The van der Waals surface area contributed by atoms with Gasteiger partial charge in [-0.15, -0.1) is 0 Å². The van der Waals surface area contributed by atoms with Crippen LogP contribution in [0.1, 0.15) is 50.8 Å². The second-order valence-corrected chi connectivity index (χ2v) is 7.80. The highest BCUT2D eigenvalue weighted by Crippen LogP contribution is 2.31. The molecule has 7 nitrogen and oxygen atoms in total. The lowest BCUT2D eigenvalue weighted by atomic mass is 10.0. The van der Waals surface area contributed by atoms with Crippen molar-refractivity contribution >= 4 is 23.0 Å². The number of benzene rings is 1. The van der Waals surface area contributed by atoms with Crippen molar-refractivity contribution < 1.29 is 23.5 Å². The fraction of sp³-hybridized carbons (Fsp3) is 0.476. The van der Waals surface area contributed by atoms with Gasteiger partial charge in [-0.2, -0.15) is 0 Å². The number of rotatable bonds is 4. The van der Waals surface area contributed by atoms with E-state index in [0.717, 1.165) is 5.56 Å². The first-order chi connectivity index (χ1) is 12.9. The van der Waals surface area contributed by atoms with Gasteiger partial charge >= 0.3 is 17.7 Å². The van der Waals surface area contributed by atoms with Crippen LogP contribution in [0.15, 0.2) is 21.3 Å². The van der Waals surface area contributed by atoms with Gasteiger partial charge in [-0.1, -0.05) is 6.92 Å². The first kappa shape index (κ1) is 21.5. The van der Waals surface area contributed by atoms with E-state index >= 15 is 0 Å². The lowest BCUT2D eigenvalue weighted by molar-refractivity contribution is -0.136. The lowest BCUT2D eigenvalue weighted by Gasteiger charge is -2.22. The van der Waals surface area contributed by atoms with Gasteiger partial charge in [0.15, 0.2) is 0 Å². The molecule has 1 aromatic carbocycles. The highest BCUT2D eigenvalue weighted by molar-refractivity contribution is 5.92. The molecular weight excluding hydrogens is 362 g/mol. The second kappa shape index (κ2) is 8.04. The number of carbonyl (C=O) groups is 2. The van der Waals surface area contributed by atoms with Gasteiger partial charge in [-0.05, 0) is 71.2 Å². The fourth-order valence-electron chi connectivity index (χ4n) is 2.73. The molecule has 1 amide bonds. The number of ether oxygens (including phenoxy) is 2. The zero-order valence-electron chi connectivity index (χ0n) is 17.4. The Morgan fingerprint density at radius 2 is 1.79 bits per heavy atom. The quantitative estimate of drug-likeness (QED) is 0.484. The molecule has 2 aromatic rings. The minimum absolute atomic E-state index is 0.286. The summed E-state index contributed by atoms with van der Waals surface area (Å²) >= 11 is 0. The number of fused-ring (bicyclic) bond motifs is 1. The average Bonchev–Trinajstić information content (AvgIpc) is 2.55. The van der Waals surface area contributed by atoms with Crippen molar-refractivity contribution in [1.82, 2.24) is 5.32 Å². The molecule has 1 heterocycles. The predicted molar refractivity (Wildman–Crippen MR) is 106 cm³/mol. The second-order valence-electron chi connectivity index (χ2n) is 7.80. The third-order valence-electron chi connectivity index (χ3n) is 4.25. The van der Waals surface area contributed by atoms with E-state index in [9.17, 15) is 14.4 Å². The summed E-state index contributed by atoms with van der Waals surface area (Å²) in [6.45, 7) is 12.2. The minimum atomic E-state index is -0.873. The summed E-state index contributed by atoms with van der Waals surface area (Å²) in [7, 11) is 0. The minimum Gasteiger partial charge on any atom is -0.444 e. The van der Waals surface area contributed by atoms with E-state index in [0.29, 0.717) is 28.5 Å². The summed E-state index contributed by atoms with van der Waals surface area (Å²) < 4.78 is 16.1. The van der Waals surface area contributed by atoms with E-state index in [2.05, 4.69) is 5.32 Å². The van der Waals surface area contributed by atoms with Gasteiger partial charge in [0.25, 0.3) is 0 Å². The van der Waals surface area contributed by atoms with Gasteiger partial charge in [0, 0.05) is 5.56 Å². The molecule has 0 bridgehead atoms. The number of aryl methyl sites for hydroxylation is 2. The number of esters is 1. The number of hydrogen-bond donors (Lipinski definition) is 1. The smallest absolute Gasteiger partial charge is 0.408 e. The van der Waals surface area contributed by atoms with Crippen LogP contribution in [0.3, 0.4) is 0 Å². The van der Waals surface area contributed by atoms with Crippen molar-refractivity contribution in [3.8, 4) is 5.75 Å². The molecule has 0 aliphatic rings. The molecule has 0 radical (unpaired) electrons. The monoisotopic (exact) mass is 389 g/mol. The zero-order valence-corrected chi connectivity index (χ0v) is 17.4. The fourth-order valence-corrected chi connectivity index (χ4v) is 2.73. The molecule has 7 heteroatoms. The molecule has 0 unspecified atom stereocenters. The maximum Gasteiger partial charge on any atom is 0.408 e. The van der Waals surface area contributed by atoms with Crippen molar-refractivity contribution in [3.05, 3.63) is 39.2 Å². The van der Waals surface area contributed by atoms with Crippen LogP contribution >= 0.6 is 0 Å². The predicted octanol–water partition coefficient (Wildman–Crippen LogP) is 3.93. The van der Waals surface area contributed by atoms with Gasteiger partial charge in [-0.25, -0.2) is 14.4 Å². The third-order valence-corrected chi connectivity index (χ3v) is 4.25. The molecule has 0 saturated heterocycles. The largest absolute Gasteiger partial charge is 0.444 e. The van der Waals surface area contributed by atoms with Crippen LogP contribution in [0.2, 0.25) is 0 Å². The van der Waals surface area contributed by atoms with E-state index in [1.165, 1.54) is 0 Å². The number of nitrogens with one attached hydrogen (secondary N) is 1. The molecule has 0 saturated carbocycles. The maximum atomic E-state index is 12.7. The van der Waals surface area contributed by atoms with E-state index in [4.69, 9.17) is 13.9 Å². The normalized spacial score (nSPS) is 12.5. The van der Waals surface area contributed by atoms with Crippen LogP contribution in [-0.2, 0) is 9.53 Å². The Bertz CT molecular complexity index is 967. The average molecular weight is 389 g/mol. The number of carbonyl (C=O) groups excluding carboxylic acids is 2. The topological polar surface area (TPSA) is 94.8 Å². The van der Waals surface area contributed by atoms with Crippen molar-refractivity contribution in [3.63, 3.8) is 0 Å². The molecule has 1 aromatic heterocycles. The van der Waals surface area contributed by atoms with Gasteiger partial charge in [0.1, 0.15) is 23.0 Å². The van der Waals surface area contributed by atoms with Crippen LogP contribution in [0.4, 0.5) is 4.79 Å². The van der Waals surface area contributed by atoms with Crippen molar-refractivity contribution in [2.45, 2.75) is 66.5 Å². The molecule has 2 rings (SSSR count). The Kier molecular flexibility index (Phi) is 6.17. The summed E-state index contributed by atoms with van der Waals surface area (Å²) in [5, 5.41) is 3.09. The van der Waals surface area contributed by atoms with Crippen LogP contribution < -0.4 is 15.7 Å². The van der Waals surface area contributed by atoms with Gasteiger partial charge < -0.3 is 19.2 Å². The van der Waals surface area contributed by atoms with Gasteiger partial charge in [0.2, 0.25) is 0 Å². The molecule has 1 N–H and O–H groups in total. The first-order valence-corrected chi connectivity index (χ1v) is 9.18. The van der Waals surface area contributed by atoms with Crippen LogP contribution in [0, 0.1) is 20.8 Å². The van der Waals surface area contributed by atoms with Crippen LogP contribution in [0.25, 0.3) is 11.0 Å². The highest BCUT2D eigenvalue weighted by atomic mass is 16.6. The van der Waals surface area contributed by atoms with Crippen molar-refractivity contribution in [2.24, 2.45) is 0 Å². The Balaban J connectivity index is 2.34. The Morgan fingerprint density at radius 3 is 2.36 bits per heavy atom. The van der Waals surface area contributed by atoms with E-state index in [-0.39, 0.29) is 5.75 Å². The SMILES string of the molecule is CC[C@@H](NC(=O)OC(C)(C)C)C(=O)Oc1cc(C)cc2oc(=O)c(C)c(C)c12. The van der Waals surface area contributed by atoms with E-state index < -0.39 is 29.3 Å². The molecule has 0 spiro atoms. The number of alkyl carbamates (subject to hydrolysis) is 1. The maximum absolute atomic E-state index is 12.7. The first-order valence-electron chi connectivity index (χ1n) is 9.18. The summed E-state index contributed by atoms with van der Waals surface area (Å²) in [4.78, 5) is 36.6. The van der Waals surface area contributed by atoms with Gasteiger partial charge in [0.05, 0.1) is 5.39 Å². The Labute approximate surface area is 164 Å². The standard InChI is InChI=1S/C21H27NO6/c1-8-14(22-20(25)28-21(5,6)7)19(24)27-16-10-11(2)9-15-17(16)12(3)13(4)18(23)26-15/h9-10,14H,8H2,1-7H3,(H,22,25)/t14-/m1/s1. The molecule has 0 fully saturated rings. The van der Waals surface area contributed by atoms with Crippen LogP contribution in [-0.4, -0.2) is 23.7 Å². The Morgan fingerprint density at radius 1 is 1.14 bits per heavy atom. The molecule has 0 aliphatic carbocycles. The Hall–Kier alpha value is -2.83. The number of amides is 1. The van der Waals surface area contributed by atoms with Gasteiger partial charge in [-0.3, -0.25) is 0 Å². The van der Waals surface area contributed by atoms with Crippen LogP contribution in [0.5, 0.6) is 5.75 Å². The molecule has 1 atom stereocenters. The summed E-state index contributed by atoms with van der Waals surface area (Å²) in [6.07, 6.45) is -0.363. The molecule has 0 aliphatic heterocycles. The van der Waals surface area contributed by atoms with E-state index in [1.54, 1.807) is 53.7 Å². The molecule has 152 valence electrons. The summed E-state index contributed by atoms with van der Waals surface area (Å²) in [5.74, 6) is -0.336. The summed E-state index contributed by atoms with van der Waals surface area (Å²) in [5.41, 5.74) is 1.16. The lowest BCUT2D eigenvalue weighted by Crippen LogP contribution is -2.44. The molecular formula is C21H27NO6.